The Morgan fingerprint density at radius 3 is 1.47 bits per heavy atom. The Morgan fingerprint density at radius 1 is 0.516 bits per heavy atom. The quantitative estimate of drug-likeness (QED) is 0.0327. The van der Waals surface area contributed by atoms with Crippen molar-refractivity contribution in [1.82, 2.24) is 31.9 Å². The molecule has 0 aliphatic heterocycles. The van der Waals surface area contributed by atoms with Crippen molar-refractivity contribution in [3.63, 3.8) is 0 Å². The second-order valence-electron chi connectivity index (χ2n) is 15.3. The van der Waals surface area contributed by atoms with Crippen LogP contribution in [-0.2, 0) is 47.9 Å². The molecule has 0 aromatic carbocycles. The first-order valence-electron chi connectivity index (χ1n) is 21.5. The predicted molar refractivity (Wildman–Crippen MR) is 225 cm³/mol. The molecule has 0 bridgehead atoms. The zero-order valence-electron chi connectivity index (χ0n) is 36.2. The highest BCUT2D eigenvalue weighted by atomic mass is 16.4. The predicted octanol–water partition coefficient (Wildman–Crippen LogP) is -1.17. The van der Waals surface area contributed by atoms with Crippen molar-refractivity contribution in [1.29, 1.82) is 0 Å². The summed E-state index contributed by atoms with van der Waals surface area (Å²) in [6.07, 6.45) is 8.51. The largest absolute Gasteiger partial charge is 0.481 e. The lowest BCUT2D eigenvalue weighted by Gasteiger charge is -2.27. The van der Waals surface area contributed by atoms with Crippen LogP contribution in [0.5, 0.6) is 0 Å². The van der Waals surface area contributed by atoms with Gasteiger partial charge in [-0.1, -0.05) is 71.1 Å². The van der Waals surface area contributed by atoms with E-state index in [1.165, 1.54) is 38.5 Å². The number of rotatable bonds is 37. The average Bonchev–Trinajstić information content (AvgIpc) is 3.19. The second-order valence-corrected chi connectivity index (χ2v) is 15.3. The molecule has 22 nitrogen and oxygen atoms in total. The summed E-state index contributed by atoms with van der Waals surface area (Å²) in [6, 6.07) is -8.38. The van der Waals surface area contributed by atoms with Gasteiger partial charge in [0.1, 0.15) is 30.2 Å². The number of aliphatic hydroxyl groups excluding tert-OH is 1. The Kier molecular flexibility index (Phi) is 30.4. The number of unbranched alkanes of at least 4 members (excludes halogenated alkanes) is 11. The van der Waals surface area contributed by atoms with Crippen LogP contribution in [0.4, 0.5) is 0 Å². The van der Waals surface area contributed by atoms with E-state index in [2.05, 4.69) is 38.8 Å². The SMILES string of the molecule is CCCCCCCCCCCCCC(=O)NCC(=O)N[C@@H](CCC(N)=O)C(=O)N[C@@H](CC(=O)O)C(=O)N[C@@H](CCC(N)=O)C(=O)N[C@H](C(=O)N[C@@H](CCCCN)C(=O)O)[C@@H](C)O. The second kappa shape index (κ2) is 33.3. The van der Waals surface area contributed by atoms with Crippen LogP contribution in [0, 0.1) is 0 Å². The van der Waals surface area contributed by atoms with Gasteiger partial charge >= 0.3 is 11.9 Å². The van der Waals surface area contributed by atoms with Crippen LogP contribution in [-0.4, -0.2) is 124 Å². The summed E-state index contributed by atoms with van der Waals surface area (Å²) in [7, 11) is 0. The van der Waals surface area contributed by atoms with E-state index >= 15 is 0 Å². The fourth-order valence-electron chi connectivity index (χ4n) is 6.17. The van der Waals surface area contributed by atoms with Crippen molar-refractivity contribution in [2.75, 3.05) is 13.1 Å². The van der Waals surface area contributed by atoms with Crippen molar-refractivity contribution in [2.24, 2.45) is 17.2 Å². The van der Waals surface area contributed by atoms with E-state index in [-0.39, 0.29) is 25.8 Å². The van der Waals surface area contributed by atoms with Gasteiger partial charge in [-0.25, -0.2) is 4.79 Å². The zero-order valence-corrected chi connectivity index (χ0v) is 36.2. The molecule has 0 spiro atoms. The third-order valence-electron chi connectivity index (χ3n) is 9.73. The fourth-order valence-corrected chi connectivity index (χ4v) is 6.17. The molecule has 0 aliphatic rings. The molecule has 8 amide bonds. The number of primary amides is 2. The maximum atomic E-state index is 13.5. The number of carboxylic acid groups (broad SMARTS) is 2. The standard InChI is InChI=1S/C40H71N9O13/c1-3-4-5-6-7-8-9-10-11-12-13-17-32(53)44-24-33(54)45-26(18-20-30(42)51)36(57)48-29(23-34(55)56)38(59)46-27(19-21-31(43)52)37(58)49-35(25(2)50)39(60)47-28(40(61)62)16-14-15-22-41/h25-29,35,50H,3-24,41H2,1-2H3,(H2,42,51)(H2,43,52)(H,44,53)(H,45,54)(H,46,59)(H,47,60)(H,48,57)(H,49,58)(H,55,56)(H,61,62)/t25-,26+,27+,28+,29+,35+/m1/s1. The van der Waals surface area contributed by atoms with Crippen molar-refractivity contribution in [3.8, 4) is 0 Å². The molecule has 0 aliphatic carbocycles. The van der Waals surface area contributed by atoms with Gasteiger partial charge in [-0.15, -0.1) is 0 Å². The highest BCUT2D eigenvalue weighted by molar-refractivity contribution is 5.98. The summed E-state index contributed by atoms with van der Waals surface area (Å²) in [5, 5.41) is 43.0. The minimum Gasteiger partial charge on any atom is -0.481 e. The van der Waals surface area contributed by atoms with Crippen molar-refractivity contribution >= 4 is 59.2 Å². The first-order valence-corrected chi connectivity index (χ1v) is 21.5. The Bertz CT molecular complexity index is 1460. The molecule has 354 valence electrons. The molecule has 0 rings (SSSR count). The zero-order chi connectivity index (χ0) is 47.0. The monoisotopic (exact) mass is 886 g/mol. The fraction of sp³-hybridized carbons (Fsp3) is 0.750. The van der Waals surface area contributed by atoms with Crippen molar-refractivity contribution in [3.05, 3.63) is 0 Å². The summed E-state index contributed by atoms with van der Waals surface area (Å²) in [5.41, 5.74) is 15.9. The van der Waals surface area contributed by atoms with Gasteiger partial charge in [0.2, 0.25) is 47.3 Å². The van der Waals surface area contributed by atoms with Gasteiger partial charge in [-0.3, -0.25) is 43.2 Å². The molecule has 15 N–H and O–H groups in total. The number of nitrogens with one attached hydrogen (secondary N) is 6. The minimum absolute atomic E-state index is 0.0180. The number of carbonyl (C=O) groups excluding carboxylic acids is 8. The highest BCUT2D eigenvalue weighted by Crippen LogP contribution is 2.12. The van der Waals surface area contributed by atoms with E-state index in [9.17, 15) is 63.3 Å². The molecule has 22 heteroatoms. The molecule has 0 aromatic rings. The van der Waals surface area contributed by atoms with Gasteiger partial charge in [0.25, 0.3) is 0 Å². The van der Waals surface area contributed by atoms with Gasteiger partial charge < -0.3 is 64.4 Å². The smallest absolute Gasteiger partial charge is 0.326 e. The average molecular weight is 886 g/mol. The van der Waals surface area contributed by atoms with Crippen LogP contribution in [0.2, 0.25) is 0 Å². The molecule has 0 aromatic heterocycles. The topological polar surface area (TPSA) is 382 Å². The number of carboxylic acids is 2. The van der Waals surface area contributed by atoms with Gasteiger partial charge in [-0.05, 0) is 52.0 Å². The van der Waals surface area contributed by atoms with Gasteiger partial charge in [0.05, 0.1) is 19.1 Å². The summed E-state index contributed by atoms with van der Waals surface area (Å²) >= 11 is 0. The molecular weight excluding hydrogens is 814 g/mol. The maximum absolute atomic E-state index is 13.5. The molecule has 0 radical (unpaired) electrons. The highest BCUT2D eigenvalue weighted by Gasteiger charge is 2.35. The van der Waals surface area contributed by atoms with Crippen LogP contribution in [0.1, 0.15) is 142 Å². The first-order chi connectivity index (χ1) is 29.3. The van der Waals surface area contributed by atoms with Crippen LogP contribution in [0.3, 0.4) is 0 Å². The van der Waals surface area contributed by atoms with Crippen LogP contribution < -0.4 is 49.1 Å². The molecular formula is C40H71N9O13. The number of aliphatic hydroxyl groups is 1. The number of carbonyl (C=O) groups is 10. The van der Waals surface area contributed by atoms with E-state index in [0.717, 1.165) is 32.6 Å². The maximum Gasteiger partial charge on any atom is 0.326 e. The molecule has 0 saturated heterocycles. The minimum atomic E-state index is -1.93. The van der Waals surface area contributed by atoms with Crippen LogP contribution >= 0.6 is 0 Å². The Balaban J connectivity index is 5.69. The molecule has 0 unspecified atom stereocenters. The van der Waals surface area contributed by atoms with Crippen molar-refractivity contribution in [2.45, 2.75) is 179 Å². The van der Waals surface area contributed by atoms with E-state index in [4.69, 9.17) is 17.2 Å². The van der Waals surface area contributed by atoms with Gasteiger partial charge in [-0.2, -0.15) is 0 Å². The third kappa shape index (κ3) is 27.5. The van der Waals surface area contributed by atoms with E-state index in [0.29, 0.717) is 19.3 Å². The first kappa shape index (κ1) is 56.6. The number of aliphatic carboxylic acids is 2. The molecule has 62 heavy (non-hydrogen) atoms. The Hall–Kier alpha value is -5.38. The summed E-state index contributed by atoms with van der Waals surface area (Å²) in [5.74, 6) is -10.7. The number of nitrogens with two attached hydrogens (primary N) is 3. The van der Waals surface area contributed by atoms with Gasteiger partial charge in [0, 0.05) is 19.3 Å². The van der Waals surface area contributed by atoms with E-state index in [1.54, 1.807) is 0 Å². The summed E-state index contributed by atoms with van der Waals surface area (Å²) in [6.45, 7) is 3.03. The number of hydrogen-bond acceptors (Lipinski definition) is 12. The summed E-state index contributed by atoms with van der Waals surface area (Å²) < 4.78 is 0. The molecule has 6 atom stereocenters. The number of hydrogen-bond donors (Lipinski definition) is 12. The summed E-state index contributed by atoms with van der Waals surface area (Å²) in [4.78, 5) is 125. The van der Waals surface area contributed by atoms with Crippen molar-refractivity contribution < 1.29 is 63.3 Å². The lowest BCUT2D eigenvalue weighted by molar-refractivity contribution is -0.143. The number of amides is 8. The van der Waals surface area contributed by atoms with Crippen LogP contribution in [0.25, 0.3) is 0 Å². The van der Waals surface area contributed by atoms with E-state index in [1.807, 2.05) is 0 Å². The van der Waals surface area contributed by atoms with Gasteiger partial charge in [0.15, 0.2) is 0 Å². The molecule has 0 saturated carbocycles. The normalized spacial score (nSPS) is 13.8. The Labute approximate surface area is 362 Å². The lowest BCUT2D eigenvalue weighted by Crippen LogP contribution is -2.61. The van der Waals surface area contributed by atoms with Crippen LogP contribution in [0.15, 0.2) is 0 Å². The molecule has 0 fully saturated rings. The lowest BCUT2D eigenvalue weighted by atomic mass is 10.0. The third-order valence-corrected chi connectivity index (χ3v) is 9.73. The molecule has 0 heterocycles. The van der Waals surface area contributed by atoms with E-state index < -0.39 is 128 Å². The Morgan fingerprint density at radius 2 is 0.984 bits per heavy atom.